The van der Waals surface area contributed by atoms with Gasteiger partial charge in [0.15, 0.2) is 0 Å². The van der Waals surface area contributed by atoms with Crippen LogP contribution in [-0.4, -0.2) is 34.1 Å². The molecule has 1 aromatic carbocycles. The van der Waals surface area contributed by atoms with Gasteiger partial charge < -0.3 is 4.90 Å². The van der Waals surface area contributed by atoms with E-state index in [0.29, 0.717) is 5.69 Å². The first-order valence-electron chi connectivity index (χ1n) is 7.16. The highest BCUT2D eigenvalue weighted by molar-refractivity contribution is 5.93. The summed E-state index contributed by atoms with van der Waals surface area (Å²) in [6.07, 6.45) is 3.43. The Balaban J connectivity index is 1.79. The standard InChI is InChI=1S/C16H19N3O/c1-12-5-7-13(8-6-12)14-11-15(18-17-14)16(20)19-9-3-2-4-10-19/h5-8,11H,2-4,9-10H2,1H3,(H,17,18). The first-order chi connectivity index (χ1) is 9.74. The summed E-state index contributed by atoms with van der Waals surface area (Å²) in [5, 5.41) is 7.13. The average Bonchev–Trinajstić information content (AvgIpc) is 2.98. The van der Waals surface area contributed by atoms with Crippen LogP contribution in [0.25, 0.3) is 11.3 Å². The van der Waals surface area contributed by atoms with Gasteiger partial charge in [-0.2, -0.15) is 5.10 Å². The minimum Gasteiger partial charge on any atom is -0.337 e. The fourth-order valence-corrected chi connectivity index (χ4v) is 2.57. The second kappa shape index (κ2) is 5.49. The highest BCUT2D eigenvalue weighted by atomic mass is 16.2. The summed E-state index contributed by atoms with van der Waals surface area (Å²) in [4.78, 5) is 14.3. The molecule has 2 aromatic rings. The number of H-pyrrole nitrogens is 1. The van der Waals surface area contributed by atoms with Crippen LogP contribution in [0, 0.1) is 6.92 Å². The first-order valence-corrected chi connectivity index (χ1v) is 7.16. The molecule has 3 rings (SSSR count). The van der Waals surface area contributed by atoms with Crippen molar-refractivity contribution < 1.29 is 4.79 Å². The third-order valence-electron chi connectivity index (χ3n) is 3.80. The van der Waals surface area contributed by atoms with E-state index in [1.807, 2.05) is 23.1 Å². The van der Waals surface area contributed by atoms with Crippen molar-refractivity contribution in [2.75, 3.05) is 13.1 Å². The first kappa shape index (κ1) is 12.9. The van der Waals surface area contributed by atoms with E-state index >= 15 is 0 Å². The number of nitrogens with one attached hydrogen (secondary N) is 1. The highest BCUT2D eigenvalue weighted by Gasteiger charge is 2.20. The van der Waals surface area contributed by atoms with Crippen molar-refractivity contribution in [2.24, 2.45) is 0 Å². The SMILES string of the molecule is Cc1ccc(-c2cc(C(=O)N3CCCCC3)[nH]n2)cc1. The average molecular weight is 269 g/mol. The number of nitrogens with zero attached hydrogens (tertiary/aromatic N) is 2. The van der Waals surface area contributed by atoms with Crippen LogP contribution in [0.2, 0.25) is 0 Å². The molecule has 0 atom stereocenters. The molecule has 4 nitrogen and oxygen atoms in total. The zero-order chi connectivity index (χ0) is 13.9. The summed E-state index contributed by atoms with van der Waals surface area (Å²) in [6.45, 7) is 3.77. The van der Waals surface area contributed by atoms with Crippen molar-refractivity contribution in [1.82, 2.24) is 15.1 Å². The lowest BCUT2D eigenvalue weighted by Gasteiger charge is -2.25. The third-order valence-corrected chi connectivity index (χ3v) is 3.80. The van der Waals surface area contributed by atoms with Crippen LogP contribution in [0.5, 0.6) is 0 Å². The van der Waals surface area contributed by atoms with Crippen LogP contribution in [0.3, 0.4) is 0 Å². The summed E-state index contributed by atoms with van der Waals surface area (Å²) >= 11 is 0. The number of benzene rings is 1. The molecule has 1 saturated heterocycles. The van der Waals surface area contributed by atoms with Crippen molar-refractivity contribution in [3.63, 3.8) is 0 Å². The molecule has 0 radical (unpaired) electrons. The van der Waals surface area contributed by atoms with Crippen LogP contribution in [0.1, 0.15) is 35.3 Å². The van der Waals surface area contributed by atoms with E-state index in [1.54, 1.807) is 0 Å². The Bertz CT molecular complexity index is 594. The molecule has 104 valence electrons. The number of carbonyl (C=O) groups excluding carboxylic acids is 1. The molecule has 1 N–H and O–H groups in total. The highest BCUT2D eigenvalue weighted by Crippen LogP contribution is 2.19. The number of aromatic amines is 1. The Morgan fingerprint density at radius 3 is 2.55 bits per heavy atom. The van der Waals surface area contributed by atoms with Gasteiger partial charge >= 0.3 is 0 Å². The normalized spacial score (nSPS) is 15.3. The molecule has 1 amide bonds. The lowest BCUT2D eigenvalue weighted by Crippen LogP contribution is -2.35. The molecule has 1 aliphatic rings. The number of hydrogen-bond acceptors (Lipinski definition) is 2. The van der Waals surface area contributed by atoms with E-state index in [0.717, 1.165) is 37.2 Å². The monoisotopic (exact) mass is 269 g/mol. The molecule has 1 aliphatic heterocycles. The lowest BCUT2D eigenvalue weighted by molar-refractivity contribution is 0.0718. The maximum atomic E-state index is 12.4. The predicted octanol–water partition coefficient (Wildman–Crippen LogP) is 3.01. The molecular formula is C16H19N3O. The molecule has 0 aliphatic carbocycles. The number of hydrogen-bond donors (Lipinski definition) is 1. The number of piperidine rings is 1. The van der Waals surface area contributed by atoms with Gasteiger partial charge in [-0.1, -0.05) is 29.8 Å². The van der Waals surface area contributed by atoms with Crippen molar-refractivity contribution in [3.05, 3.63) is 41.6 Å². The van der Waals surface area contributed by atoms with Gasteiger partial charge in [-0.25, -0.2) is 0 Å². The van der Waals surface area contributed by atoms with Crippen LogP contribution < -0.4 is 0 Å². The minimum atomic E-state index is 0.0653. The summed E-state index contributed by atoms with van der Waals surface area (Å²) < 4.78 is 0. The lowest BCUT2D eigenvalue weighted by atomic mass is 10.1. The molecule has 20 heavy (non-hydrogen) atoms. The molecule has 1 fully saturated rings. The largest absolute Gasteiger partial charge is 0.337 e. The Labute approximate surface area is 118 Å². The molecule has 2 heterocycles. The third kappa shape index (κ3) is 2.59. The maximum absolute atomic E-state index is 12.4. The van der Waals surface area contributed by atoms with Gasteiger partial charge in [-0.15, -0.1) is 0 Å². The van der Waals surface area contributed by atoms with Gasteiger partial charge in [0.05, 0.1) is 5.69 Å². The topological polar surface area (TPSA) is 49.0 Å². The molecule has 0 bridgehead atoms. The fourth-order valence-electron chi connectivity index (χ4n) is 2.57. The molecule has 0 saturated carbocycles. The molecular weight excluding hydrogens is 250 g/mol. The second-order valence-electron chi connectivity index (χ2n) is 5.39. The van der Waals surface area contributed by atoms with Gasteiger partial charge in [0.1, 0.15) is 5.69 Å². The summed E-state index contributed by atoms with van der Waals surface area (Å²) in [7, 11) is 0. The summed E-state index contributed by atoms with van der Waals surface area (Å²) in [6, 6.07) is 10.0. The van der Waals surface area contributed by atoms with E-state index in [2.05, 4.69) is 29.3 Å². The zero-order valence-corrected chi connectivity index (χ0v) is 11.7. The van der Waals surface area contributed by atoms with E-state index in [9.17, 15) is 4.79 Å². The quantitative estimate of drug-likeness (QED) is 0.911. The van der Waals surface area contributed by atoms with Crippen LogP contribution in [0.4, 0.5) is 0 Å². The van der Waals surface area contributed by atoms with Gasteiger partial charge in [0, 0.05) is 18.7 Å². The van der Waals surface area contributed by atoms with E-state index in [1.165, 1.54) is 12.0 Å². The number of amides is 1. The number of aromatic nitrogens is 2. The number of carbonyl (C=O) groups is 1. The Kier molecular flexibility index (Phi) is 3.54. The second-order valence-corrected chi connectivity index (χ2v) is 5.39. The van der Waals surface area contributed by atoms with Gasteiger partial charge in [0.25, 0.3) is 5.91 Å². The Hall–Kier alpha value is -2.10. The molecule has 4 heteroatoms. The number of likely N-dealkylation sites (tertiary alicyclic amines) is 1. The van der Waals surface area contributed by atoms with E-state index < -0.39 is 0 Å². The predicted molar refractivity (Wildman–Crippen MR) is 78.5 cm³/mol. The summed E-state index contributed by atoms with van der Waals surface area (Å²) in [5.41, 5.74) is 3.66. The van der Waals surface area contributed by atoms with Crippen LogP contribution in [-0.2, 0) is 0 Å². The minimum absolute atomic E-state index is 0.0653. The smallest absolute Gasteiger partial charge is 0.271 e. The number of rotatable bonds is 2. The van der Waals surface area contributed by atoms with E-state index in [4.69, 9.17) is 0 Å². The Morgan fingerprint density at radius 2 is 1.85 bits per heavy atom. The molecule has 0 unspecified atom stereocenters. The fraction of sp³-hybridized carbons (Fsp3) is 0.375. The van der Waals surface area contributed by atoms with E-state index in [-0.39, 0.29) is 5.91 Å². The van der Waals surface area contributed by atoms with Gasteiger partial charge in [-0.05, 0) is 32.3 Å². The molecule has 0 spiro atoms. The summed E-state index contributed by atoms with van der Waals surface area (Å²) in [5.74, 6) is 0.0653. The maximum Gasteiger partial charge on any atom is 0.271 e. The molecule has 1 aromatic heterocycles. The Morgan fingerprint density at radius 1 is 1.15 bits per heavy atom. The van der Waals surface area contributed by atoms with Crippen LogP contribution in [0.15, 0.2) is 30.3 Å². The van der Waals surface area contributed by atoms with Crippen molar-refractivity contribution >= 4 is 5.91 Å². The van der Waals surface area contributed by atoms with Crippen LogP contribution >= 0.6 is 0 Å². The van der Waals surface area contributed by atoms with Crippen molar-refractivity contribution in [3.8, 4) is 11.3 Å². The number of aryl methyl sites for hydroxylation is 1. The zero-order valence-electron chi connectivity index (χ0n) is 11.7. The van der Waals surface area contributed by atoms with Gasteiger partial charge in [0.2, 0.25) is 0 Å². The van der Waals surface area contributed by atoms with Gasteiger partial charge in [-0.3, -0.25) is 9.89 Å². The van der Waals surface area contributed by atoms with Crippen molar-refractivity contribution in [2.45, 2.75) is 26.2 Å². The van der Waals surface area contributed by atoms with Crippen molar-refractivity contribution in [1.29, 1.82) is 0 Å².